The van der Waals surface area contributed by atoms with Crippen LogP contribution in [-0.4, -0.2) is 46.8 Å². The molecule has 0 amide bonds. The average Bonchev–Trinajstić information content (AvgIpc) is 2.93. The van der Waals surface area contributed by atoms with Gasteiger partial charge in [-0.15, -0.1) is 0 Å². The van der Waals surface area contributed by atoms with Gasteiger partial charge >= 0.3 is 0 Å². The predicted molar refractivity (Wildman–Crippen MR) is 96.9 cm³/mol. The van der Waals surface area contributed by atoms with Crippen LogP contribution < -0.4 is 0 Å². The Morgan fingerprint density at radius 3 is 2.64 bits per heavy atom. The van der Waals surface area contributed by atoms with Gasteiger partial charge in [-0.25, -0.2) is 8.42 Å². The van der Waals surface area contributed by atoms with E-state index in [0.29, 0.717) is 5.69 Å². The number of sulfone groups is 1. The van der Waals surface area contributed by atoms with E-state index in [0.717, 1.165) is 38.1 Å². The number of aryl methyl sites for hydroxylation is 2. The monoisotopic (exact) mass is 363 g/mol. The summed E-state index contributed by atoms with van der Waals surface area (Å²) < 4.78 is 24.6. The van der Waals surface area contributed by atoms with Crippen molar-refractivity contribution in [1.29, 1.82) is 0 Å². The number of aliphatic hydroxyl groups excluding tert-OH is 1. The minimum absolute atomic E-state index is 0.296. The van der Waals surface area contributed by atoms with Crippen molar-refractivity contribution in [2.45, 2.75) is 39.6 Å². The maximum Gasteiger partial charge on any atom is 0.150 e. The number of nitrogens with zero attached hydrogens (tertiary/aromatic N) is 3. The maximum atomic E-state index is 11.4. The van der Waals surface area contributed by atoms with Gasteiger partial charge in [-0.2, -0.15) is 5.10 Å². The highest BCUT2D eigenvalue weighted by atomic mass is 32.2. The van der Waals surface area contributed by atoms with Crippen molar-refractivity contribution in [1.82, 2.24) is 14.7 Å². The van der Waals surface area contributed by atoms with E-state index < -0.39 is 15.9 Å². The molecule has 1 aromatic carbocycles. The number of aliphatic hydroxyl groups is 1. The highest BCUT2D eigenvalue weighted by Gasteiger charge is 2.23. The molecule has 0 saturated heterocycles. The van der Waals surface area contributed by atoms with Gasteiger partial charge in [0.05, 0.1) is 23.7 Å². The van der Waals surface area contributed by atoms with Crippen molar-refractivity contribution < 1.29 is 13.5 Å². The van der Waals surface area contributed by atoms with Crippen LogP contribution in [0.3, 0.4) is 0 Å². The smallest absolute Gasteiger partial charge is 0.150 e. The Hall–Kier alpha value is -1.70. The number of benzene rings is 1. The van der Waals surface area contributed by atoms with E-state index in [1.54, 1.807) is 0 Å². The fourth-order valence-electron chi connectivity index (χ4n) is 3.17. The van der Waals surface area contributed by atoms with E-state index in [2.05, 4.69) is 42.0 Å². The Labute approximate surface area is 149 Å². The first kappa shape index (κ1) is 18.1. The number of rotatable bonds is 5. The molecule has 3 rings (SSSR count). The van der Waals surface area contributed by atoms with E-state index in [9.17, 15) is 13.5 Å². The molecule has 0 unspecified atom stereocenters. The third-order valence-corrected chi connectivity index (χ3v) is 5.60. The number of fused-ring (bicyclic) bond motifs is 1. The van der Waals surface area contributed by atoms with Gasteiger partial charge in [0.2, 0.25) is 0 Å². The third kappa shape index (κ3) is 4.48. The molecule has 0 fully saturated rings. The summed E-state index contributed by atoms with van der Waals surface area (Å²) in [5.41, 5.74) is 5.33. The molecule has 6 nitrogen and oxygen atoms in total. The average molecular weight is 363 g/mol. The van der Waals surface area contributed by atoms with Crippen molar-refractivity contribution in [3.05, 3.63) is 52.3 Å². The lowest BCUT2D eigenvalue weighted by molar-refractivity contribution is 0.191. The van der Waals surface area contributed by atoms with Crippen LogP contribution in [0.4, 0.5) is 0 Å². The van der Waals surface area contributed by atoms with Gasteiger partial charge in [0.15, 0.2) is 0 Å². The molecule has 1 aliphatic heterocycles. The van der Waals surface area contributed by atoms with Crippen molar-refractivity contribution in [3.63, 3.8) is 0 Å². The number of aromatic nitrogens is 2. The highest BCUT2D eigenvalue weighted by molar-refractivity contribution is 7.90. The van der Waals surface area contributed by atoms with Crippen molar-refractivity contribution in [3.8, 4) is 0 Å². The van der Waals surface area contributed by atoms with E-state index in [1.165, 1.54) is 16.7 Å². The molecule has 1 N–H and O–H groups in total. The zero-order chi connectivity index (χ0) is 18.2. The van der Waals surface area contributed by atoms with Crippen molar-refractivity contribution in [2.75, 3.05) is 18.6 Å². The lowest BCUT2D eigenvalue weighted by Crippen LogP contribution is -2.33. The molecule has 0 spiro atoms. The van der Waals surface area contributed by atoms with E-state index >= 15 is 0 Å². The Morgan fingerprint density at radius 1 is 1.20 bits per heavy atom. The zero-order valence-corrected chi connectivity index (χ0v) is 15.8. The van der Waals surface area contributed by atoms with Gasteiger partial charge in [-0.3, -0.25) is 9.58 Å². The van der Waals surface area contributed by atoms with Crippen molar-refractivity contribution >= 4 is 9.84 Å². The summed E-state index contributed by atoms with van der Waals surface area (Å²) in [4.78, 5) is 2.34. The van der Waals surface area contributed by atoms with Gasteiger partial charge in [0.25, 0.3) is 0 Å². The van der Waals surface area contributed by atoms with Crippen molar-refractivity contribution in [2.24, 2.45) is 0 Å². The summed E-state index contributed by atoms with van der Waals surface area (Å²) in [6, 6.07) is 8.36. The Balaban J connectivity index is 1.70. The molecule has 0 aliphatic carbocycles. The van der Waals surface area contributed by atoms with Gasteiger partial charge in [-0.05, 0) is 36.6 Å². The second-order valence-electron chi connectivity index (χ2n) is 7.02. The van der Waals surface area contributed by atoms with E-state index in [-0.39, 0.29) is 5.75 Å². The standard InChI is InChI=1S/C18H25N3O3S/c1-13-4-5-15(8-14(13)2)10-20-6-7-21-16(11-20)9-17(19-21)18(22)12-25(3,23)24/h4-5,8-9,18,22H,6-7,10-12H2,1-3H3/t18-/m1/s1. The second kappa shape index (κ2) is 6.90. The number of hydrogen-bond acceptors (Lipinski definition) is 5. The van der Waals surface area contributed by atoms with Crippen LogP contribution in [0.2, 0.25) is 0 Å². The molecule has 2 aromatic rings. The molecule has 2 heterocycles. The number of hydrogen-bond donors (Lipinski definition) is 1. The van der Waals surface area contributed by atoms with Crippen LogP contribution in [0, 0.1) is 13.8 Å². The topological polar surface area (TPSA) is 75.4 Å². The summed E-state index contributed by atoms with van der Waals surface area (Å²) >= 11 is 0. The summed E-state index contributed by atoms with van der Waals surface area (Å²) in [6.45, 7) is 7.47. The summed E-state index contributed by atoms with van der Waals surface area (Å²) in [5.74, 6) is -0.296. The lowest BCUT2D eigenvalue weighted by atomic mass is 10.1. The molecular weight excluding hydrogens is 338 g/mol. The van der Waals surface area contributed by atoms with Crippen LogP contribution in [0.5, 0.6) is 0 Å². The quantitative estimate of drug-likeness (QED) is 0.873. The predicted octanol–water partition coefficient (Wildman–Crippen LogP) is 1.59. The summed E-state index contributed by atoms with van der Waals surface area (Å²) in [7, 11) is -3.24. The maximum absolute atomic E-state index is 11.4. The summed E-state index contributed by atoms with van der Waals surface area (Å²) in [5, 5.41) is 14.5. The highest BCUT2D eigenvalue weighted by Crippen LogP contribution is 2.21. The Bertz CT molecular complexity index is 874. The molecule has 1 aromatic heterocycles. The SMILES string of the molecule is Cc1ccc(CN2CCn3nc([C@H](O)CS(C)(=O)=O)cc3C2)cc1C. The Morgan fingerprint density at radius 2 is 1.96 bits per heavy atom. The minimum atomic E-state index is -3.24. The molecule has 0 saturated carbocycles. The van der Waals surface area contributed by atoms with E-state index in [4.69, 9.17) is 0 Å². The molecule has 0 bridgehead atoms. The normalized spacial score (nSPS) is 16.6. The van der Waals surface area contributed by atoms with Gasteiger partial charge in [0.1, 0.15) is 15.9 Å². The first-order valence-electron chi connectivity index (χ1n) is 8.42. The second-order valence-corrected chi connectivity index (χ2v) is 9.21. The first-order valence-corrected chi connectivity index (χ1v) is 10.5. The lowest BCUT2D eigenvalue weighted by Gasteiger charge is -2.27. The molecule has 7 heteroatoms. The largest absolute Gasteiger partial charge is 0.386 e. The van der Waals surface area contributed by atoms with E-state index in [1.807, 2.05) is 10.7 Å². The molecule has 1 atom stereocenters. The van der Waals surface area contributed by atoms with Crippen LogP contribution in [0.15, 0.2) is 24.3 Å². The summed E-state index contributed by atoms with van der Waals surface area (Å²) in [6.07, 6.45) is 0.0543. The zero-order valence-electron chi connectivity index (χ0n) is 14.9. The van der Waals surface area contributed by atoms with Gasteiger partial charge in [0, 0.05) is 25.9 Å². The molecule has 1 aliphatic rings. The fraction of sp³-hybridized carbons (Fsp3) is 0.500. The molecule has 136 valence electrons. The molecule has 0 radical (unpaired) electrons. The van der Waals surface area contributed by atoms with Crippen LogP contribution in [-0.2, 0) is 29.5 Å². The minimum Gasteiger partial charge on any atom is -0.386 e. The Kier molecular flexibility index (Phi) is 4.99. The molecule has 25 heavy (non-hydrogen) atoms. The van der Waals surface area contributed by atoms with Crippen LogP contribution in [0.25, 0.3) is 0 Å². The third-order valence-electron chi connectivity index (χ3n) is 4.68. The van der Waals surface area contributed by atoms with Crippen LogP contribution >= 0.6 is 0 Å². The van der Waals surface area contributed by atoms with Gasteiger partial charge in [-0.1, -0.05) is 18.2 Å². The fourth-order valence-corrected chi connectivity index (χ4v) is 3.92. The van der Waals surface area contributed by atoms with Crippen LogP contribution in [0.1, 0.15) is 34.2 Å². The van der Waals surface area contributed by atoms with Gasteiger partial charge < -0.3 is 5.11 Å². The first-order chi connectivity index (χ1) is 11.7. The molecular formula is C18H25N3O3S.